The van der Waals surface area contributed by atoms with E-state index in [0.717, 1.165) is 5.76 Å². The highest BCUT2D eigenvalue weighted by atomic mass is 35.5. The molecule has 0 aliphatic carbocycles. The van der Waals surface area contributed by atoms with Gasteiger partial charge in [0.25, 0.3) is 0 Å². The molecule has 0 aliphatic rings. The first-order valence-electron chi connectivity index (χ1n) is 4.51. The monoisotopic (exact) mass is 223 g/mol. The Labute approximate surface area is 92.3 Å². The molecule has 78 valence electrons. The molecule has 2 aromatic heterocycles. The summed E-state index contributed by atoms with van der Waals surface area (Å²) in [6.45, 7) is 2.38. The van der Waals surface area contributed by atoms with Crippen molar-refractivity contribution in [3.8, 4) is 0 Å². The second kappa shape index (κ2) is 4.31. The third-order valence-corrected chi connectivity index (χ3v) is 2.02. The van der Waals surface area contributed by atoms with Gasteiger partial charge >= 0.3 is 0 Å². The Kier molecular flexibility index (Phi) is 2.87. The van der Waals surface area contributed by atoms with Crippen LogP contribution in [0.25, 0.3) is 0 Å². The molecule has 0 saturated carbocycles. The first-order chi connectivity index (χ1) is 7.24. The minimum absolute atomic E-state index is 0.435. The van der Waals surface area contributed by atoms with Crippen LogP contribution in [0.2, 0.25) is 5.15 Å². The van der Waals surface area contributed by atoms with Crippen molar-refractivity contribution in [3.05, 3.63) is 41.2 Å². The van der Waals surface area contributed by atoms with Crippen LogP contribution in [0.3, 0.4) is 0 Å². The number of aromatic nitrogens is 2. The first-order valence-corrected chi connectivity index (χ1v) is 4.89. The average molecular weight is 224 g/mol. The van der Waals surface area contributed by atoms with Gasteiger partial charge in [-0.25, -0.2) is 9.97 Å². The van der Waals surface area contributed by atoms with E-state index in [0.29, 0.717) is 23.3 Å². The summed E-state index contributed by atoms with van der Waals surface area (Å²) in [5.74, 6) is 2.19. The van der Waals surface area contributed by atoms with Gasteiger partial charge in [-0.1, -0.05) is 11.6 Å². The summed E-state index contributed by atoms with van der Waals surface area (Å²) in [6, 6.07) is 5.41. The lowest BCUT2D eigenvalue weighted by Gasteiger charge is -2.04. The molecule has 0 aromatic carbocycles. The average Bonchev–Trinajstić information content (AvgIpc) is 2.65. The highest BCUT2D eigenvalue weighted by Crippen LogP contribution is 2.12. The highest BCUT2D eigenvalue weighted by Gasteiger charge is 2.00. The van der Waals surface area contributed by atoms with Gasteiger partial charge in [0.15, 0.2) is 0 Å². The number of halogens is 1. The summed E-state index contributed by atoms with van der Waals surface area (Å²) in [4.78, 5) is 8.16. The van der Waals surface area contributed by atoms with Crippen molar-refractivity contribution in [1.29, 1.82) is 0 Å². The quantitative estimate of drug-likeness (QED) is 0.813. The molecule has 1 N–H and O–H groups in total. The minimum atomic E-state index is 0.435. The molecule has 5 heteroatoms. The van der Waals surface area contributed by atoms with Crippen LogP contribution in [0.5, 0.6) is 0 Å². The molecule has 2 aromatic rings. The van der Waals surface area contributed by atoms with Crippen molar-refractivity contribution >= 4 is 17.4 Å². The van der Waals surface area contributed by atoms with E-state index in [-0.39, 0.29) is 0 Å². The molecule has 0 radical (unpaired) electrons. The maximum atomic E-state index is 5.80. The molecule has 0 bridgehead atoms. The standard InChI is InChI=1S/C10H10ClN3O/c1-7-13-9(11)5-10(14-7)12-6-8-3-2-4-15-8/h2-5H,6H2,1H3,(H,12,13,14). The molecule has 0 fully saturated rings. The lowest BCUT2D eigenvalue weighted by atomic mass is 10.4. The molecule has 2 rings (SSSR count). The summed E-state index contributed by atoms with van der Waals surface area (Å²) in [5.41, 5.74) is 0. The van der Waals surface area contributed by atoms with E-state index in [9.17, 15) is 0 Å². The van der Waals surface area contributed by atoms with Crippen molar-refractivity contribution in [2.45, 2.75) is 13.5 Å². The molecule has 0 unspecified atom stereocenters. The van der Waals surface area contributed by atoms with E-state index >= 15 is 0 Å². The molecule has 0 spiro atoms. The van der Waals surface area contributed by atoms with E-state index in [1.165, 1.54) is 0 Å². The summed E-state index contributed by atoms with van der Waals surface area (Å²) in [6.07, 6.45) is 1.63. The molecule has 0 aliphatic heterocycles. The zero-order chi connectivity index (χ0) is 10.7. The van der Waals surface area contributed by atoms with E-state index in [1.807, 2.05) is 12.1 Å². The van der Waals surface area contributed by atoms with Gasteiger partial charge in [0.1, 0.15) is 22.6 Å². The lowest BCUT2D eigenvalue weighted by molar-refractivity contribution is 0.518. The van der Waals surface area contributed by atoms with Crippen molar-refractivity contribution < 1.29 is 4.42 Å². The van der Waals surface area contributed by atoms with Crippen LogP contribution >= 0.6 is 11.6 Å². The summed E-state index contributed by atoms with van der Waals surface area (Å²) < 4.78 is 5.18. The third kappa shape index (κ3) is 2.70. The smallest absolute Gasteiger partial charge is 0.134 e. The van der Waals surface area contributed by atoms with Gasteiger partial charge in [-0.15, -0.1) is 0 Å². The van der Waals surface area contributed by atoms with Crippen LogP contribution in [0, 0.1) is 6.92 Å². The number of nitrogens with zero attached hydrogens (tertiary/aromatic N) is 2. The van der Waals surface area contributed by atoms with E-state index < -0.39 is 0 Å². The zero-order valence-corrected chi connectivity index (χ0v) is 8.95. The SMILES string of the molecule is Cc1nc(Cl)cc(NCc2ccco2)n1. The highest BCUT2D eigenvalue weighted by molar-refractivity contribution is 6.29. The van der Waals surface area contributed by atoms with Crippen molar-refractivity contribution in [2.24, 2.45) is 0 Å². The number of hydrogen-bond donors (Lipinski definition) is 1. The Hall–Kier alpha value is -1.55. The maximum Gasteiger partial charge on any atom is 0.134 e. The maximum absolute atomic E-state index is 5.80. The van der Waals surface area contributed by atoms with E-state index in [4.69, 9.17) is 16.0 Å². The predicted octanol–water partition coefficient (Wildman–Crippen LogP) is 2.64. The Morgan fingerprint density at radius 2 is 2.33 bits per heavy atom. The van der Waals surface area contributed by atoms with Crippen LogP contribution in [0.15, 0.2) is 28.9 Å². The molecular formula is C10H10ClN3O. The van der Waals surface area contributed by atoms with Gasteiger partial charge in [0.05, 0.1) is 12.8 Å². The third-order valence-electron chi connectivity index (χ3n) is 1.83. The molecule has 0 amide bonds. The molecule has 15 heavy (non-hydrogen) atoms. The van der Waals surface area contributed by atoms with Crippen molar-refractivity contribution in [1.82, 2.24) is 9.97 Å². The Morgan fingerprint density at radius 1 is 1.47 bits per heavy atom. The molecule has 2 heterocycles. The summed E-state index contributed by atoms with van der Waals surface area (Å²) in [7, 11) is 0. The van der Waals surface area contributed by atoms with Crippen molar-refractivity contribution in [2.75, 3.05) is 5.32 Å². The zero-order valence-electron chi connectivity index (χ0n) is 8.20. The number of furan rings is 1. The van der Waals surface area contributed by atoms with Gasteiger partial charge < -0.3 is 9.73 Å². The fraction of sp³-hybridized carbons (Fsp3) is 0.200. The minimum Gasteiger partial charge on any atom is -0.467 e. The Bertz CT molecular complexity index is 422. The van der Waals surface area contributed by atoms with Gasteiger partial charge in [0, 0.05) is 6.07 Å². The number of rotatable bonds is 3. The normalized spacial score (nSPS) is 10.3. The molecule has 4 nitrogen and oxygen atoms in total. The van der Waals surface area contributed by atoms with Gasteiger partial charge in [-0.3, -0.25) is 0 Å². The molecule has 0 saturated heterocycles. The van der Waals surface area contributed by atoms with Crippen molar-refractivity contribution in [3.63, 3.8) is 0 Å². The van der Waals surface area contributed by atoms with Crippen LogP contribution in [0.4, 0.5) is 5.82 Å². The summed E-state index contributed by atoms with van der Waals surface area (Å²) >= 11 is 5.80. The summed E-state index contributed by atoms with van der Waals surface area (Å²) in [5, 5.41) is 3.53. The second-order valence-electron chi connectivity index (χ2n) is 3.06. The number of hydrogen-bond acceptors (Lipinski definition) is 4. The van der Waals surface area contributed by atoms with E-state index in [2.05, 4.69) is 15.3 Å². The molecule has 0 atom stereocenters. The van der Waals surface area contributed by atoms with Gasteiger partial charge in [0.2, 0.25) is 0 Å². The lowest BCUT2D eigenvalue weighted by Crippen LogP contribution is -2.02. The predicted molar refractivity (Wildman–Crippen MR) is 57.8 cm³/mol. The van der Waals surface area contributed by atoms with Crippen LogP contribution in [0.1, 0.15) is 11.6 Å². The Balaban J connectivity index is 2.05. The topological polar surface area (TPSA) is 51.0 Å². The number of nitrogens with one attached hydrogen (secondary N) is 1. The number of anilines is 1. The van der Waals surface area contributed by atoms with Crippen LogP contribution < -0.4 is 5.32 Å². The first kappa shape index (κ1) is 9.98. The van der Waals surface area contributed by atoms with Crippen LogP contribution in [-0.4, -0.2) is 9.97 Å². The number of aryl methyl sites for hydroxylation is 1. The van der Waals surface area contributed by atoms with E-state index in [1.54, 1.807) is 19.3 Å². The fourth-order valence-electron chi connectivity index (χ4n) is 1.21. The molecular weight excluding hydrogens is 214 g/mol. The largest absolute Gasteiger partial charge is 0.467 e. The van der Waals surface area contributed by atoms with Gasteiger partial charge in [-0.05, 0) is 19.1 Å². The second-order valence-corrected chi connectivity index (χ2v) is 3.44. The van der Waals surface area contributed by atoms with Crippen LogP contribution in [-0.2, 0) is 6.54 Å². The van der Waals surface area contributed by atoms with Gasteiger partial charge in [-0.2, -0.15) is 0 Å². The Morgan fingerprint density at radius 3 is 3.00 bits per heavy atom. The fourth-order valence-corrected chi connectivity index (χ4v) is 1.44.